The molecule has 0 radical (unpaired) electrons. The number of aryl methyl sites for hydroxylation is 1. The van der Waals surface area contributed by atoms with Crippen LogP contribution >= 0.6 is 0 Å². The van der Waals surface area contributed by atoms with Crippen LogP contribution in [0.25, 0.3) is 0 Å². The van der Waals surface area contributed by atoms with E-state index in [2.05, 4.69) is 14.6 Å². The fourth-order valence-electron chi connectivity index (χ4n) is 4.65. The monoisotopic (exact) mass is 571 g/mol. The van der Waals surface area contributed by atoms with Gasteiger partial charge in [0.15, 0.2) is 5.03 Å². The lowest BCUT2D eigenvalue weighted by Gasteiger charge is -2.38. The normalized spacial score (nSPS) is 18.5. The SMILES string of the molecule is COc1ccc(CN(C)C[C@H]2Oc3ccc(NS(=O)(=O)c4cn(C)cn4)cc3C(=O)N([C@H](C)CO)C[C@H]2C)cc1. The van der Waals surface area contributed by atoms with Crippen LogP contribution in [0.15, 0.2) is 60.0 Å². The van der Waals surface area contributed by atoms with Gasteiger partial charge in [-0.15, -0.1) is 0 Å². The maximum Gasteiger partial charge on any atom is 0.280 e. The standard InChI is InChI=1S/C28H37N5O6S/c1-19-13-33(20(2)17-34)28(35)24-12-22(30-40(36,37)27-16-32(4)18-29-27)8-11-25(24)39-26(19)15-31(3)14-21-6-9-23(38-5)10-7-21/h6-12,16,18-20,26,30,34H,13-15,17H2,1-5H3/t19-,20-,26-/m1/s1. The molecule has 1 aliphatic rings. The Morgan fingerprint density at radius 1 is 1.25 bits per heavy atom. The number of carbonyl (C=O) groups is 1. The minimum absolute atomic E-state index is 0.0493. The maximum atomic E-state index is 13.7. The summed E-state index contributed by atoms with van der Waals surface area (Å²) in [6, 6.07) is 12.1. The van der Waals surface area contributed by atoms with Gasteiger partial charge in [0.2, 0.25) is 0 Å². The molecule has 0 saturated carbocycles. The van der Waals surface area contributed by atoms with E-state index in [1.54, 1.807) is 38.1 Å². The van der Waals surface area contributed by atoms with Crippen molar-refractivity contribution in [1.82, 2.24) is 19.4 Å². The lowest BCUT2D eigenvalue weighted by Crippen LogP contribution is -2.49. The van der Waals surface area contributed by atoms with Gasteiger partial charge in [-0.3, -0.25) is 14.4 Å². The molecule has 1 amide bonds. The molecule has 2 aromatic carbocycles. The summed E-state index contributed by atoms with van der Waals surface area (Å²) in [7, 11) is 1.36. The molecule has 1 aromatic heterocycles. The Bertz CT molecular complexity index is 1430. The molecular formula is C28H37N5O6S. The highest BCUT2D eigenvalue weighted by molar-refractivity contribution is 7.92. The van der Waals surface area contributed by atoms with Gasteiger partial charge in [0.25, 0.3) is 15.9 Å². The largest absolute Gasteiger partial charge is 0.497 e. The third-order valence-electron chi connectivity index (χ3n) is 6.98. The number of sulfonamides is 1. The van der Waals surface area contributed by atoms with Gasteiger partial charge in [0.05, 0.1) is 31.6 Å². The summed E-state index contributed by atoms with van der Waals surface area (Å²) in [5.74, 6) is 0.763. The molecule has 0 unspecified atom stereocenters. The van der Waals surface area contributed by atoms with E-state index in [-0.39, 0.29) is 40.8 Å². The molecule has 216 valence electrons. The lowest BCUT2D eigenvalue weighted by molar-refractivity contribution is 0.0341. The molecule has 2 N–H and O–H groups in total. The first-order valence-electron chi connectivity index (χ1n) is 13.1. The Labute approximate surface area is 235 Å². The van der Waals surface area contributed by atoms with Crippen molar-refractivity contribution < 1.29 is 27.8 Å². The van der Waals surface area contributed by atoms with Crippen LogP contribution in [0.5, 0.6) is 11.5 Å². The minimum atomic E-state index is -3.96. The minimum Gasteiger partial charge on any atom is -0.497 e. The van der Waals surface area contributed by atoms with Crippen LogP contribution in [0.1, 0.15) is 29.8 Å². The van der Waals surface area contributed by atoms with E-state index in [4.69, 9.17) is 9.47 Å². The smallest absolute Gasteiger partial charge is 0.280 e. The molecule has 0 aliphatic carbocycles. The number of methoxy groups -OCH3 is 1. The number of aliphatic hydroxyl groups excluding tert-OH is 1. The zero-order valence-corrected chi connectivity index (χ0v) is 24.3. The second kappa shape index (κ2) is 12.3. The highest BCUT2D eigenvalue weighted by Crippen LogP contribution is 2.31. The van der Waals surface area contributed by atoms with E-state index in [0.717, 1.165) is 11.3 Å². The second-order valence-electron chi connectivity index (χ2n) is 10.4. The Morgan fingerprint density at radius 2 is 1.98 bits per heavy atom. The molecule has 11 nitrogen and oxygen atoms in total. The topological polar surface area (TPSA) is 126 Å². The number of hydrogen-bond donors (Lipinski definition) is 2. The summed E-state index contributed by atoms with van der Waals surface area (Å²) < 4.78 is 41.4. The number of hydrogen-bond acceptors (Lipinski definition) is 8. The molecule has 0 spiro atoms. The van der Waals surface area contributed by atoms with Crippen molar-refractivity contribution >= 4 is 21.6 Å². The highest BCUT2D eigenvalue weighted by atomic mass is 32.2. The molecule has 3 atom stereocenters. The molecule has 2 heterocycles. The number of imidazole rings is 1. The number of nitrogens with zero attached hydrogens (tertiary/aromatic N) is 4. The van der Waals surface area contributed by atoms with Crippen molar-refractivity contribution in [3.8, 4) is 11.5 Å². The van der Waals surface area contributed by atoms with Gasteiger partial charge >= 0.3 is 0 Å². The van der Waals surface area contributed by atoms with Crippen LogP contribution in [0.4, 0.5) is 5.69 Å². The second-order valence-corrected chi connectivity index (χ2v) is 12.0. The Balaban J connectivity index is 1.60. The lowest BCUT2D eigenvalue weighted by atomic mass is 9.99. The van der Waals surface area contributed by atoms with Crippen LogP contribution in [0.3, 0.4) is 0 Å². The van der Waals surface area contributed by atoms with Crippen LogP contribution in [0, 0.1) is 5.92 Å². The zero-order valence-electron chi connectivity index (χ0n) is 23.4. The number of amides is 1. The third-order valence-corrected chi connectivity index (χ3v) is 8.24. The van der Waals surface area contributed by atoms with Gasteiger partial charge in [-0.05, 0) is 49.9 Å². The number of ether oxygens (including phenoxy) is 2. The molecule has 3 aromatic rings. The summed E-state index contributed by atoms with van der Waals surface area (Å²) >= 11 is 0. The number of anilines is 1. The summed E-state index contributed by atoms with van der Waals surface area (Å²) in [5, 5.41) is 9.78. The number of aliphatic hydroxyl groups is 1. The van der Waals surface area contributed by atoms with E-state index in [1.807, 2.05) is 38.2 Å². The Hall–Kier alpha value is -3.61. The van der Waals surface area contributed by atoms with E-state index >= 15 is 0 Å². The van der Waals surface area contributed by atoms with Crippen LogP contribution in [0.2, 0.25) is 0 Å². The van der Waals surface area contributed by atoms with Gasteiger partial charge in [-0.25, -0.2) is 4.98 Å². The van der Waals surface area contributed by atoms with E-state index in [1.165, 1.54) is 23.2 Å². The average Bonchev–Trinajstić information content (AvgIpc) is 3.38. The molecule has 0 bridgehead atoms. The number of nitrogens with one attached hydrogen (secondary N) is 1. The van der Waals surface area contributed by atoms with Gasteiger partial charge in [0, 0.05) is 44.5 Å². The van der Waals surface area contributed by atoms with Crippen molar-refractivity contribution in [2.24, 2.45) is 13.0 Å². The van der Waals surface area contributed by atoms with Crippen LogP contribution in [-0.4, -0.2) is 84.8 Å². The molecule has 4 rings (SSSR count). The molecule has 1 aliphatic heterocycles. The summed E-state index contributed by atoms with van der Waals surface area (Å²) in [6.45, 7) is 5.24. The van der Waals surface area contributed by atoms with Gasteiger partial charge < -0.3 is 24.0 Å². The average molecular weight is 572 g/mol. The number of fused-ring (bicyclic) bond motifs is 1. The molecule has 0 fully saturated rings. The van der Waals surface area contributed by atoms with Gasteiger partial charge in [-0.1, -0.05) is 19.1 Å². The number of carbonyl (C=O) groups excluding carboxylic acids is 1. The summed E-state index contributed by atoms with van der Waals surface area (Å²) in [5.41, 5.74) is 1.55. The highest BCUT2D eigenvalue weighted by Gasteiger charge is 2.34. The number of benzene rings is 2. The summed E-state index contributed by atoms with van der Waals surface area (Å²) in [4.78, 5) is 21.4. The first kappa shape index (κ1) is 29.4. The van der Waals surface area contributed by atoms with Gasteiger partial charge in [-0.2, -0.15) is 8.42 Å². The quantitative estimate of drug-likeness (QED) is 0.380. The van der Waals surface area contributed by atoms with Crippen LogP contribution in [-0.2, 0) is 23.6 Å². The molecular weight excluding hydrogens is 534 g/mol. The fourth-order valence-corrected chi connectivity index (χ4v) is 5.69. The molecule has 0 saturated heterocycles. The van der Waals surface area contributed by atoms with Crippen molar-refractivity contribution in [2.45, 2.75) is 37.6 Å². The predicted octanol–water partition coefficient (Wildman–Crippen LogP) is 2.58. The van der Waals surface area contributed by atoms with Crippen molar-refractivity contribution in [3.05, 3.63) is 66.1 Å². The number of rotatable bonds is 10. The van der Waals surface area contributed by atoms with E-state index < -0.39 is 16.1 Å². The zero-order chi connectivity index (χ0) is 29.0. The third kappa shape index (κ3) is 6.75. The van der Waals surface area contributed by atoms with E-state index in [9.17, 15) is 18.3 Å². The Morgan fingerprint density at radius 3 is 2.60 bits per heavy atom. The maximum absolute atomic E-state index is 13.7. The van der Waals surface area contributed by atoms with Crippen molar-refractivity contribution in [2.75, 3.05) is 38.6 Å². The number of likely N-dealkylation sites (N-methyl/N-ethyl adjacent to an activating group) is 1. The summed E-state index contributed by atoms with van der Waals surface area (Å²) in [6.07, 6.45) is 2.51. The van der Waals surface area contributed by atoms with E-state index in [0.29, 0.717) is 25.4 Å². The molecule has 40 heavy (non-hydrogen) atoms. The van der Waals surface area contributed by atoms with Crippen molar-refractivity contribution in [1.29, 1.82) is 0 Å². The van der Waals surface area contributed by atoms with Crippen molar-refractivity contribution in [3.63, 3.8) is 0 Å². The predicted molar refractivity (Wildman–Crippen MR) is 151 cm³/mol. The Kier molecular flexibility index (Phi) is 9.02. The van der Waals surface area contributed by atoms with Gasteiger partial charge in [0.1, 0.15) is 17.6 Å². The number of aromatic nitrogens is 2. The fraction of sp³-hybridized carbons (Fsp3) is 0.429. The first-order chi connectivity index (χ1) is 19.0. The first-order valence-corrected chi connectivity index (χ1v) is 14.5. The molecule has 12 heteroatoms. The van der Waals surface area contributed by atoms with Crippen LogP contribution < -0.4 is 14.2 Å².